The zero-order valence-corrected chi connectivity index (χ0v) is 8.62. The molecule has 0 atom stereocenters. The molecule has 15 heavy (non-hydrogen) atoms. The average Bonchev–Trinajstić information content (AvgIpc) is 2.27. The molecule has 0 bridgehead atoms. The number of carbonyl (C=O) groups is 2. The van der Waals surface area contributed by atoms with Gasteiger partial charge in [-0.2, -0.15) is 0 Å². The lowest BCUT2D eigenvalue weighted by Gasteiger charge is -2.05. The molecule has 0 aliphatic rings. The fourth-order valence-corrected chi connectivity index (χ4v) is 1.12. The van der Waals surface area contributed by atoms with Crippen LogP contribution in [0.15, 0.2) is 24.3 Å². The third-order valence-electron chi connectivity index (χ3n) is 1.91. The lowest BCUT2D eigenvalue weighted by Crippen LogP contribution is -2.34. The number of amides is 2. The van der Waals surface area contributed by atoms with Crippen LogP contribution in [0.4, 0.5) is 4.79 Å². The quantitative estimate of drug-likeness (QED) is 0.730. The normalized spacial score (nSPS) is 9.40. The highest BCUT2D eigenvalue weighted by molar-refractivity contribution is 5.75. The summed E-state index contributed by atoms with van der Waals surface area (Å²) in [5.74, 6) is 0. The van der Waals surface area contributed by atoms with Crippen LogP contribution < -0.4 is 10.6 Å². The first-order chi connectivity index (χ1) is 7.26. The maximum absolute atomic E-state index is 11.1. The van der Waals surface area contributed by atoms with Gasteiger partial charge in [0.2, 0.25) is 0 Å². The Kier molecular flexibility index (Phi) is 4.34. The first-order valence-corrected chi connectivity index (χ1v) is 4.82. The van der Waals surface area contributed by atoms with Crippen LogP contribution in [0.5, 0.6) is 0 Å². The second-order valence-corrected chi connectivity index (χ2v) is 3.07. The predicted molar refractivity (Wildman–Crippen MR) is 57.7 cm³/mol. The number of nitrogens with one attached hydrogen (secondary N) is 2. The van der Waals surface area contributed by atoms with Crippen molar-refractivity contribution in [1.82, 2.24) is 10.6 Å². The van der Waals surface area contributed by atoms with Gasteiger partial charge in [-0.05, 0) is 12.5 Å². The second kappa shape index (κ2) is 5.80. The van der Waals surface area contributed by atoms with Gasteiger partial charge in [-0.1, -0.05) is 24.3 Å². The molecule has 0 spiro atoms. The molecule has 2 amide bonds. The van der Waals surface area contributed by atoms with Gasteiger partial charge in [0.25, 0.3) is 0 Å². The van der Waals surface area contributed by atoms with Gasteiger partial charge in [-0.15, -0.1) is 0 Å². The molecular weight excluding hydrogens is 192 g/mol. The second-order valence-electron chi connectivity index (χ2n) is 3.07. The van der Waals surface area contributed by atoms with Gasteiger partial charge in [-0.25, -0.2) is 4.79 Å². The lowest BCUT2D eigenvalue weighted by molar-refractivity contribution is 0.112. The highest BCUT2D eigenvalue weighted by Crippen LogP contribution is 2.01. The number of hydrogen-bond acceptors (Lipinski definition) is 2. The SMILES string of the molecule is CCNC(=O)NCc1ccc(C=O)cc1. The summed E-state index contributed by atoms with van der Waals surface area (Å²) in [6.07, 6.45) is 0.793. The molecule has 1 rings (SSSR count). The molecule has 0 fully saturated rings. The molecular formula is C11H14N2O2. The van der Waals surface area contributed by atoms with Gasteiger partial charge in [0, 0.05) is 18.7 Å². The summed E-state index contributed by atoms with van der Waals surface area (Å²) in [6, 6.07) is 6.90. The first kappa shape index (κ1) is 11.2. The molecule has 0 saturated carbocycles. The van der Waals surface area contributed by atoms with E-state index in [9.17, 15) is 9.59 Å². The van der Waals surface area contributed by atoms with Gasteiger partial charge in [0.15, 0.2) is 0 Å². The fraction of sp³-hybridized carbons (Fsp3) is 0.273. The number of benzene rings is 1. The van der Waals surface area contributed by atoms with Crippen LogP contribution in [0, 0.1) is 0 Å². The topological polar surface area (TPSA) is 58.2 Å². The molecule has 80 valence electrons. The van der Waals surface area contributed by atoms with Crippen LogP contribution in [0.25, 0.3) is 0 Å². The monoisotopic (exact) mass is 206 g/mol. The lowest BCUT2D eigenvalue weighted by atomic mass is 10.1. The Morgan fingerprint density at radius 1 is 1.27 bits per heavy atom. The molecule has 4 heteroatoms. The highest BCUT2D eigenvalue weighted by atomic mass is 16.2. The van der Waals surface area contributed by atoms with Crippen molar-refractivity contribution in [3.63, 3.8) is 0 Å². The average molecular weight is 206 g/mol. The Hall–Kier alpha value is -1.84. The van der Waals surface area contributed by atoms with Crippen molar-refractivity contribution >= 4 is 12.3 Å². The summed E-state index contributed by atoms with van der Waals surface area (Å²) in [5, 5.41) is 5.33. The molecule has 0 unspecified atom stereocenters. The standard InChI is InChI=1S/C11H14N2O2/c1-2-12-11(15)13-7-9-3-5-10(8-14)6-4-9/h3-6,8H,2,7H2,1H3,(H2,12,13,15). The van der Waals surface area contributed by atoms with Crippen molar-refractivity contribution in [2.75, 3.05) is 6.54 Å². The molecule has 0 radical (unpaired) electrons. The van der Waals surface area contributed by atoms with Crippen LogP contribution in [0.1, 0.15) is 22.8 Å². The number of urea groups is 1. The number of rotatable bonds is 4. The van der Waals surface area contributed by atoms with Crippen molar-refractivity contribution in [3.05, 3.63) is 35.4 Å². The van der Waals surface area contributed by atoms with Crippen molar-refractivity contribution in [2.24, 2.45) is 0 Å². The van der Waals surface area contributed by atoms with E-state index in [0.717, 1.165) is 11.8 Å². The molecule has 0 aliphatic heterocycles. The van der Waals surface area contributed by atoms with Crippen molar-refractivity contribution in [3.8, 4) is 0 Å². The molecule has 0 aliphatic carbocycles. The Labute approximate surface area is 88.7 Å². The summed E-state index contributed by atoms with van der Waals surface area (Å²) >= 11 is 0. The summed E-state index contributed by atoms with van der Waals surface area (Å²) in [5.41, 5.74) is 1.60. The van der Waals surface area contributed by atoms with E-state index in [1.165, 1.54) is 0 Å². The van der Waals surface area contributed by atoms with Gasteiger partial charge in [-0.3, -0.25) is 4.79 Å². The number of carbonyl (C=O) groups excluding carboxylic acids is 2. The third kappa shape index (κ3) is 3.81. The van der Waals surface area contributed by atoms with Gasteiger partial charge in [0.1, 0.15) is 6.29 Å². The van der Waals surface area contributed by atoms with E-state index in [4.69, 9.17) is 0 Å². The summed E-state index contributed by atoms with van der Waals surface area (Å²) < 4.78 is 0. The summed E-state index contributed by atoms with van der Waals surface area (Å²) in [7, 11) is 0. The maximum Gasteiger partial charge on any atom is 0.315 e. The molecule has 4 nitrogen and oxygen atoms in total. The number of hydrogen-bond donors (Lipinski definition) is 2. The van der Waals surface area contributed by atoms with Gasteiger partial charge in [0.05, 0.1) is 0 Å². The molecule has 1 aromatic carbocycles. The van der Waals surface area contributed by atoms with Crippen molar-refractivity contribution in [2.45, 2.75) is 13.5 Å². The van der Waals surface area contributed by atoms with E-state index < -0.39 is 0 Å². The zero-order chi connectivity index (χ0) is 11.1. The van der Waals surface area contributed by atoms with E-state index in [-0.39, 0.29) is 6.03 Å². The zero-order valence-electron chi connectivity index (χ0n) is 8.62. The highest BCUT2D eigenvalue weighted by Gasteiger charge is 1.98. The van der Waals surface area contributed by atoms with Gasteiger partial charge >= 0.3 is 6.03 Å². The number of aldehydes is 1. The maximum atomic E-state index is 11.1. The molecule has 0 aromatic heterocycles. The van der Waals surface area contributed by atoms with E-state index in [0.29, 0.717) is 18.7 Å². The van der Waals surface area contributed by atoms with Crippen LogP contribution in [0.2, 0.25) is 0 Å². The van der Waals surface area contributed by atoms with E-state index in [2.05, 4.69) is 10.6 Å². The summed E-state index contributed by atoms with van der Waals surface area (Å²) in [6.45, 7) is 2.93. The minimum atomic E-state index is -0.183. The summed E-state index contributed by atoms with van der Waals surface area (Å²) in [4.78, 5) is 21.5. The predicted octanol–water partition coefficient (Wildman–Crippen LogP) is 1.32. The van der Waals surface area contributed by atoms with E-state index in [1.807, 2.05) is 19.1 Å². The molecule has 0 saturated heterocycles. The Balaban J connectivity index is 2.44. The van der Waals surface area contributed by atoms with Crippen LogP contribution >= 0.6 is 0 Å². The minimum absolute atomic E-state index is 0.183. The first-order valence-electron chi connectivity index (χ1n) is 4.82. The Bertz CT molecular complexity index is 333. The minimum Gasteiger partial charge on any atom is -0.338 e. The molecule has 1 aromatic rings. The fourth-order valence-electron chi connectivity index (χ4n) is 1.12. The van der Waals surface area contributed by atoms with E-state index >= 15 is 0 Å². The third-order valence-corrected chi connectivity index (χ3v) is 1.91. The Morgan fingerprint density at radius 2 is 1.93 bits per heavy atom. The van der Waals surface area contributed by atoms with Crippen LogP contribution in [0.3, 0.4) is 0 Å². The van der Waals surface area contributed by atoms with Crippen molar-refractivity contribution in [1.29, 1.82) is 0 Å². The van der Waals surface area contributed by atoms with Gasteiger partial charge < -0.3 is 10.6 Å². The molecule has 2 N–H and O–H groups in total. The Morgan fingerprint density at radius 3 is 2.47 bits per heavy atom. The van der Waals surface area contributed by atoms with Crippen molar-refractivity contribution < 1.29 is 9.59 Å². The largest absolute Gasteiger partial charge is 0.338 e. The van der Waals surface area contributed by atoms with Crippen LogP contribution in [-0.4, -0.2) is 18.9 Å². The smallest absolute Gasteiger partial charge is 0.315 e. The molecule has 0 heterocycles. The van der Waals surface area contributed by atoms with E-state index in [1.54, 1.807) is 12.1 Å². The van der Waals surface area contributed by atoms with Crippen LogP contribution in [-0.2, 0) is 6.54 Å².